The third kappa shape index (κ3) is 3.68. The van der Waals surface area contributed by atoms with Gasteiger partial charge in [0.1, 0.15) is 6.33 Å². The SMILES string of the molecule is CCCCN(CCCC)C(=O)n1ccnc1. The van der Waals surface area contributed by atoms with E-state index in [0.29, 0.717) is 0 Å². The highest BCUT2D eigenvalue weighted by molar-refractivity contribution is 5.76. The topological polar surface area (TPSA) is 38.1 Å². The van der Waals surface area contributed by atoms with Gasteiger partial charge >= 0.3 is 6.03 Å². The molecule has 16 heavy (non-hydrogen) atoms. The van der Waals surface area contributed by atoms with E-state index >= 15 is 0 Å². The molecule has 0 aromatic carbocycles. The molecule has 0 unspecified atom stereocenters. The van der Waals surface area contributed by atoms with E-state index in [1.165, 1.54) is 0 Å². The molecule has 0 aliphatic carbocycles. The monoisotopic (exact) mass is 223 g/mol. The van der Waals surface area contributed by atoms with Crippen LogP contribution in [-0.2, 0) is 0 Å². The summed E-state index contributed by atoms with van der Waals surface area (Å²) in [7, 11) is 0. The summed E-state index contributed by atoms with van der Waals surface area (Å²) in [5, 5.41) is 0. The molecule has 1 aromatic heterocycles. The van der Waals surface area contributed by atoms with Crippen LogP contribution in [-0.4, -0.2) is 33.6 Å². The third-order valence-electron chi connectivity index (χ3n) is 2.56. The largest absolute Gasteiger partial charge is 0.329 e. The van der Waals surface area contributed by atoms with Crippen molar-refractivity contribution in [2.45, 2.75) is 39.5 Å². The van der Waals surface area contributed by atoms with E-state index in [9.17, 15) is 4.79 Å². The van der Waals surface area contributed by atoms with E-state index < -0.39 is 0 Å². The Bertz CT molecular complexity index is 287. The van der Waals surface area contributed by atoms with Gasteiger partial charge in [0.05, 0.1) is 0 Å². The van der Waals surface area contributed by atoms with E-state index in [0.717, 1.165) is 38.8 Å². The highest BCUT2D eigenvalue weighted by Crippen LogP contribution is 2.02. The van der Waals surface area contributed by atoms with Crippen molar-refractivity contribution in [1.82, 2.24) is 14.5 Å². The Morgan fingerprint density at radius 3 is 2.31 bits per heavy atom. The number of imidazole rings is 1. The highest BCUT2D eigenvalue weighted by Gasteiger charge is 2.13. The van der Waals surface area contributed by atoms with E-state index in [1.54, 1.807) is 23.3 Å². The van der Waals surface area contributed by atoms with Crippen LogP contribution in [0.5, 0.6) is 0 Å². The van der Waals surface area contributed by atoms with Crippen molar-refractivity contribution >= 4 is 6.03 Å². The van der Waals surface area contributed by atoms with Gasteiger partial charge in [-0.2, -0.15) is 0 Å². The fraction of sp³-hybridized carbons (Fsp3) is 0.667. The fourth-order valence-electron chi connectivity index (χ4n) is 1.54. The van der Waals surface area contributed by atoms with Crippen LogP contribution in [0.15, 0.2) is 18.7 Å². The van der Waals surface area contributed by atoms with E-state index in [2.05, 4.69) is 18.8 Å². The van der Waals surface area contributed by atoms with E-state index in [1.807, 2.05) is 4.90 Å². The van der Waals surface area contributed by atoms with Crippen LogP contribution in [0.1, 0.15) is 39.5 Å². The third-order valence-corrected chi connectivity index (χ3v) is 2.56. The van der Waals surface area contributed by atoms with Crippen LogP contribution < -0.4 is 0 Å². The van der Waals surface area contributed by atoms with Crippen LogP contribution in [0.3, 0.4) is 0 Å². The van der Waals surface area contributed by atoms with Gasteiger partial charge < -0.3 is 4.90 Å². The molecule has 0 saturated heterocycles. The van der Waals surface area contributed by atoms with Crippen LogP contribution in [0.4, 0.5) is 4.79 Å². The number of carbonyl (C=O) groups is 1. The lowest BCUT2D eigenvalue weighted by Gasteiger charge is -2.22. The van der Waals surface area contributed by atoms with Gasteiger partial charge in [0.25, 0.3) is 0 Å². The predicted octanol–water partition coefficient (Wildman–Crippen LogP) is 2.75. The zero-order chi connectivity index (χ0) is 11.8. The Labute approximate surface area is 97.3 Å². The van der Waals surface area contributed by atoms with Crippen molar-refractivity contribution in [2.75, 3.05) is 13.1 Å². The Balaban J connectivity index is 2.56. The number of carbonyl (C=O) groups excluding carboxylic acids is 1. The molecule has 0 aliphatic rings. The molecule has 1 aromatic rings. The van der Waals surface area contributed by atoms with Gasteiger partial charge in [0, 0.05) is 25.5 Å². The first-order valence-electron chi connectivity index (χ1n) is 6.06. The van der Waals surface area contributed by atoms with Gasteiger partial charge in [-0.3, -0.25) is 4.57 Å². The van der Waals surface area contributed by atoms with Gasteiger partial charge in [-0.25, -0.2) is 9.78 Å². The van der Waals surface area contributed by atoms with Crippen LogP contribution in [0, 0.1) is 0 Å². The maximum atomic E-state index is 12.1. The highest BCUT2D eigenvalue weighted by atomic mass is 16.2. The Kier molecular flexibility index (Phi) is 5.61. The van der Waals surface area contributed by atoms with Gasteiger partial charge in [-0.15, -0.1) is 0 Å². The minimum Gasteiger partial charge on any atom is -0.324 e. The maximum Gasteiger partial charge on any atom is 0.329 e. The van der Waals surface area contributed by atoms with E-state index in [4.69, 9.17) is 0 Å². The molecule has 0 fully saturated rings. The molecule has 0 bridgehead atoms. The second kappa shape index (κ2) is 7.04. The molecule has 90 valence electrons. The normalized spacial score (nSPS) is 10.4. The summed E-state index contributed by atoms with van der Waals surface area (Å²) in [4.78, 5) is 17.9. The minimum atomic E-state index is 0.0411. The number of hydrogen-bond acceptors (Lipinski definition) is 2. The number of aromatic nitrogens is 2. The first kappa shape index (κ1) is 12.7. The van der Waals surface area contributed by atoms with Crippen LogP contribution in [0.25, 0.3) is 0 Å². The minimum absolute atomic E-state index is 0.0411. The smallest absolute Gasteiger partial charge is 0.324 e. The van der Waals surface area contributed by atoms with Crippen molar-refractivity contribution in [3.63, 3.8) is 0 Å². The first-order chi connectivity index (χ1) is 7.79. The Morgan fingerprint density at radius 2 is 1.88 bits per heavy atom. The predicted molar refractivity (Wildman–Crippen MR) is 64.4 cm³/mol. The number of rotatable bonds is 6. The van der Waals surface area contributed by atoms with Gasteiger partial charge in [-0.1, -0.05) is 26.7 Å². The summed E-state index contributed by atoms with van der Waals surface area (Å²) in [6.07, 6.45) is 9.24. The summed E-state index contributed by atoms with van der Waals surface area (Å²) >= 11 is 0. The molecule has 4 nitrogen and oxygen atoms in total. The summed E-state index contributed by atoms with van der Waals surface area (Å²) < 4.78 is 1.55. The molecule has 0 N–H and O–H groups in total. The average Bonchev–Trinajstić information content (AvgIpc) is 2.82. The molecule has 1 heterocycles. The second-order valence-corrected chi connectivity index (χ2v) is 3.95. The van der Waals surface area contributed by atoms with Gasteiger partial charge in [0.2, 0.25) is 0 Å². The molecular weight excluding hydrogens is 202 g/mol. The maximum absolute atomic E-state index is 12.1. The lowest BCUT2D eigenvalue weighted by Crippen LogP contribution is -2.35. The zero-order valence-electron chi connectivity index (χ0n) is 10.2. The van der Waals surface area contributed by atoms with Crippen molar-refractivity contribution in [1.29, 1.82) is 0 Å². The van der Waals surface area contributed by atoms with E-state index in [-0.39, 0.29) is 6.03 Å². The summed E-state index contributed by atoms with van der Waals surface area (Å²) in [6, 6.07) is 0.0411. The molecule has 0 saturated carbocycles. The number of hydrogen-bond donors (Lipinski definition) is 0. The molecular formula is C12H21N3O. The average molecular weight is 223 g/mol. The second-order valence-electron chi connectivity index (χ2n) is 3.95. The van der Waals surface area contributed by atoms with Crippen molar-refractivity contribution in [3.05, 3.63) is 18.7 Å². The molecule has 4 heteroatoms. The summed E-state index contributed by atoms with van der Waals surface area (Å²) in [5.41, 5.74) is 0. The molecule has 0 radical (unpaired) electrons. The van der Waals surface area contributed by atoms with Crippen LogP contribution in [0.2, 0.25) is 0 Å². The van der Waals surface area contributed by atoms with Gasteiger partial charge in [0.15, 0.2) is 0 Å². The molecule has 0 aliphatic heterocycles. The van der Waals surface area contributed by atoms with Crippen molar-refractivity contribution in [3.8, 4) is 0 Å². The van der Waals surface area contributed by atoms with Crippen LogP contribution >= 0.6 is 0 Å². The summed E-state index contributed by atoms with van der Waals surface area (Å²) in [5.74, 6) is 0. The Morgan fingerprint density at radius 1 is 1.25 bits per heavy atom. The summed E-state index contributed by atoms with van der Waals surface area (Å²) in [6.45, 7) is 5.96. The lowest BCUT2D eigenvalue weighted by atomic mass is 10.3. The molecule has 1 amide bonds. The quantitative estimate of drug-likeness (QED) is 0.743. The fourth-order valence-corrected chi connectivity index (χ4v) is 1.54. The standard InChI is InChI=1S/C12H21N3O/c1-3-5-8-14(9-6-4-2)12(16)15-10-7-13-11-15/h7,10-11H,3-6,8-9H2,1-2H3. The van der Waals surface area contributed by atoms with Crippen molar-refractivity contribution in [2.24, 2.45) is 0 Å². The van der Waals surface area contributed by atoms with Gasteiger partial charge in [-0.05, 0) is 12.8 Å². The number of unbranched alkanes of at least 4 members (excludes halogenated alkanes) is 2. The number of nitrogens with zero attached hydrogens (tertiary/aromatic N) is 3. The van der Waals surface area contributed by atoms with Crippen molar-refractivity contribution < 1.29 is 4.79 Å². The Hall–Kier alpha value is -1.32. The molecule has 0 atom stereocenters. The first-order valence-corrected chi connectivity index (χ1v) is 6.06. The zero-order valence-corrected chi connectivity index (χ0v) is 10.2. The molecule has 0 spiro atoms. The molecule has 1 rings (SSSR count). The lowest BCUT2D eigenvalue weighted by molar-refractivity contribution is 0.197. The number of amides is 1.